The fourth-order valence-electron chi connectivity index (χ4n) is 3.97. The highest BCUT2D eigenvalue weighted by Crippen LogP contribution is 2.43. The molecule has 0 saturated heterocycles. The molecule has 2 aromatic carbocycles. The summed E-state index contributed by atoms with van der Waals surface area (Å²) in [6, 6.07) is 15.5. The van der Waals surface area contributed by atoms with Crippen molar-refractivity contribution in [1.29, 1.82) is 0 Å². The SMILES string of the molecule is O=C1C[C@H](c2ccc(Br)cc2)C2=C(C[C@@H](c3ccccc3Cl)CC2=O)N1. The van der Waals surface area contributed by atoms with E-state index < -0.39 is 0 Å². The Labute approximate surface area is 165 Å². The minimum Gasteiger partial charge on any atom is -0.329 e. The van der Waals surface area contributed by atoms with E-state index in [1.165, 1.54) is 0 Å². The van der Waals surface area contributed by atoms with Gasteiger partial charge in [0.25, 0.3) is 0 Å². The van der Waals surface area contributed by atoms with Crippen molar-refractivity contribution in [2.45, 2.75) is 31.1 Å². The van der Waals surface area contributed by atoms with Crippen LogP contribution < -0.4 is 5.32 Å². The molecular weight excluding hydrogens is 414 g/mol. The lowest BCUT2D eigenvalue weighted by Crippen LogP contribution is -2.38. The number of carbonyl (C=O) groups excluding carboxylic acids is 2. The number of Topliss-reactive ketones (excluding diaryl/α,β-unsaturated/α-hetero) is 1. The van der Waals surface area contributed by atoms with E-state index in [1.807, 2.05) is 48.5 Å². The Morgan fingerprint density at radius 1 is 0.962 bits per heavy atom. The predicted octanol–water partition coefficient (Wildman–Crippen LogP) is 5.11. The number of nitrogens with one attached hydrogen (secondary N) is 1. The molecule has 132 valence electrons. The molecule has 0 spiro atoms. The number of hydrogen-bond donors (Lipinski definition) is 1. The number of rotatable bonds is 2. The summed E-state index contributed by atoms with van der Waals surface area (Å²) in [6.07, 6.45) is 1.36. The van der Waals surface area contributed by atoms with Crippen LogP contribution in [0.2, 0.25) is 5.02 Å². The standard InChI is InChI=1S/C21H17BrClNO2/c22-14-7-5-12(6-8-14)16-11-20(26)24-18-9-13(10-19(25)21(16)18)15-3-1-2-4-17(15)23/h1-8,13,16H,9-11H2,(H,24,26)/t13-,16-/m1/s1. The summed E-state index contributed by atoms with van der Waals surface area (Å²) in [7, 11) is 0. The van der Waals surface area contributed by atoms with Gasteiger partial charge in [0.05, 0.1) is 0 Å². The van der Waals surface area contributed by atoms with Gasteiger partial charge >= 0.3 is 0 Å². The van der Waals surface area contributed by atoms with Gasteiger partial charge in [0.1, 0.15) is 0 Å². The molecule has 0 radical (unpaired) electrons. The number of allylic oxidation sites excluding steroid dienone is 2. The van der Waals surface area contributed by atoms with E-state index in [4.69, 9.17) is 11.6 Å². The Kier molecular flexibility index (Phi) is 4.72. The molecule has 2 aliphatic rings. The van der Waals surface area contributed by atoms with Crippen molar-refractivity contribution >= 4 is 39.2 Å². The smallest absolute Gasteiger partial charge is 0.225 e. The molecule has 3 nitrogen and oxygen atoms in total. The minimum absolute atomic E-state index is 0.00100. The monoisotopic (exact) mass is 429 g/mol. The summed E-state index contributed by atoms with van der Waals surface area (Å²) in [4.78, 5) is 25.3. The minimum atomic E-state index is -0.174. The number of hydrogen-bond acceptors (Lipinski definition) is 2. The van der Waals surface area contributed by atoms with Gasteiger partial charge in [0.2, 0.25) is 5.91 Å². The van der Waals surface area contributed by atoms with Crippen LogP contribution in [0.1, 0.15) is 42.2 Å². The number of ketones is 1. The van der Waals surface area contributed by atoms with Crippen LogP contribution >= 0.6 is 27.5 Å². The van der Waals surface area contributed by atoms with E-state index in [2.05, 4.69) is 21.2 Å². The molecule has 2 atom stereocenters. The van der Waals surface area contributed by atoms with E-state index in [9.17, 15) is 9.59 Å². The van der Waals surface area contributed by atoms with Crippen molar-refractivity contribution in [2.24, 2.45) is 0 Å². The average Bonchev–Trinajstić information content (AvgIpc) is 2.61. The van der Waals surface area contributed by atoms with Gasteiger partial charge in [-0.05, 0) is 41.7 Å². The van der Waals surface area contributed by atoms with Crippen LogP contribution in [0.3, 0.4) is 0 Å². The second kappa shape index (κ2) is 7.01. The number of amides is 1. The zero-order valence-corrected chi connectivity index (χ0v) is 16.3. The molecule has 0 unspecified atom stereocenters. The van der Waals surface area contributed by atoms with Crippen LogP contribution in [-0.2, 0) is 9.59 Å². The quantitative estimate of drug-likeness (QED) is 0.720. The normalized spacial score (nSPS) is 22.8. The maximum Gasteiger partial charge on any atom is 0.225 e. The van der Waals surface area contributed by atoms with Crippen molar-refractivity contribution in [3.8, 4) is 0 Å². The number of halogens is 2. The molecule has 1 aliphatic heterocycles. The average molecular weight is 431 g/mol. The molecule has 2 aromatic rings. The molecule has 1 aliphatic carbocycles. The molecule has 5 heteroatoms. The zero-order chi connectivity index (χ0) is 18.3. The van der Waals surface area contributed by atoms with E-state index >= 15 is 0 Å². The summed E-state index contributed by atoms with van der Waals surface area (Å²) in [5, 5.41) is 3.61. The fourth-order valence-corrected chi connectivity index (χ4v) is 4.52. The molecule has 0 aromatic heterocycles. The molecular formula is C21H17BrClNO2. The van der Waals surface area contributed by atoms with Gasteiger partial charge in [-0.15, -0.1) is 0 Å². The van der Waals surface area contributed by atoms with Crippen molar-refractivity contribution in [1.82, 2.24) is 5.32 Å². The van der Waals surface area contributed by atoms with Gasteiger partial charge < -0.3 is 5.32 Å². The maximum absolute atomic E-state index is 13.0. The Hall–Kier alpha value is -1.91. The van der Waals surface area contributed by atoms with Crippen LogP contribution in [-0.4, -0.2) is 11.7 Å². The highest BCUT2D eigenvalue weighted by atomic mass is 79.9. The van der Waals surface area contributed by atoms with Crippen LogP contribution in [0.25, 0.3) is 0 Å². The third kappa shape index (κ3) is 3.24. The summed E-state index contributed by atoms with van der Waals surface area (Å²) in [5.41, 5.74) is 3.49. The second-order valence-corrected chi connectivity index (χ2v) is 8.12. The predicted molar refractivity (Wildman–Crippen MR) is 105 cm³/mol. The maximum atomic E-state index is 13.0. The molecule has 1 amide bonds. The first-order chi connectivity index (χ1) is 12.5. The van der Waals surface area contributed by atoms with Gasteiger partial charge in [0.15, 0.2) is 5.78 Å². The lowest BCUT2D eigenvalue weighted by atomic mass is 9.73. The Morgan fingerprint density at radius 3 is 2.42 bits per heavy atom. The molecule has 1 heterocycles. The Morgan fingerprint density at radius 2 is 1.69 bits per heavy atom. The van der Waals surface area contributed by atoms with Crippen LogP contribution in [0.15, 0.2) is 64.3 Å². The summed E-state index contributed by atoms with van der Waals surface area (Å²) in [6.45, 7) is 0. The van der Waals surface area contributed by atoms with Crippen molar-refractivity contribution in [2.75, 3.05) is 0 Å². The third-order valence-electron chi connectivity index (χ3n) is 5.15. The van der Waals surface area contributed by atoms with Gasteiger partial charge in [-0.3, -0.25) is 9.59 Å². The molecule has 4 rings (SSSR count). The first kappa shape index (κ1) is 17.5. The lowest BCUT2D eigenvalue weighted by Gasteiger charge is -2.34. The van der Waals surface area contributed by atoms with Crippen molar-refractivity contribution in [3.63, 3.8) is 0 Å². The van der Waals surface area contributed by atoms with Crippen LogP contribution in [0.5, 0.6) is 0 Å². The first-order valence-electron chi connectivity index (χ1n) is 8.59. The van der Waals surface area contributed by atoms with E-state index in [-0.39, 0.29) is 23.5 Å². The van der Waals surface area contributed by atoms with Crippen LogP contribution in [0, 0.1) is 0 Å². The van der Waals surface area contributed by atoms with Crippen molar-refractivity contribution in [3.05, 3.63) is 80.4 Å². The number of benzene rings is 2. The van der Waals surface area contributed by atoms with E-state index in [0.717, 1.165) is 26.9 Å². The summed E-state index contributed by atoms with van der Waals surface area (Å²) in [5.74, 6) is -0.112. The Bertz CT molecular complexity index is 920. The molecule has 26 heavy (non-hydrogen) atoms. The van der Waals surface area contributed by atoms with E-state index in [1.54, 1.807) is 0 Å². The third-order valence-corrected chi connectivity index (χ3v) is 6.03. The van der Waals surface area contributed by atoms with E-state index in [0.29, 0.717) is 24.3 Å². The number of carbonyl (C=O) groups is 2. The van der Waals surface area contributed by atoms with Crippen molar-refractivity contribution < 1.29 is 9.59 Å². The topological polar surface area (TPSA) is 46.2 Å². The first-order valence-corrected chi connectivity index (χ1v) is 9.76. The van der Waals surface area contributed by atoms with Gasteiger partial charge in [0, 0.05) is 39.5 Å². The molecule has 0 fully saturated rings. The summed E-state index contributed by atoms with van der Waals surface area (Å²) < 4.78 is 0.976. The molecule has 0 bridgehead atoms. The fraction of sp³-hybridized carbons (Fsp3) is 0.238. The van der Waals surface area contributed by atoms with Gasteiger partial charge in [-0.1, -0.05) is 57.9 Å². The molecule has 0 saturated carbocycles. The second-order valence-electron chi connectivity index (χ2n) is 6.80. The highest BCUT2D eigenvalue weighted by molar-refractivity contribution is 9.10. The highest BCUT2D eigenvalue weighted by Gasteiger charge is 2.38. The largest absolute Gasteiger partial charge is 0.329 e. The Balaban J connectivity index is 1.73. The summed E-state index contributed by atoms with van der Waals surface area (Å²) >= 11 is 9.76. The van der Waals surface area contributed by atoms with Gasteiger partial charge in [-0.25, -0.2) is 0 Å². The van der Waals surface area contributed by atoms with Gasteiger partial charge in [-0.2, -0.15) is 0 Å². The molecule has 1 N–H and O–H groups in total. The lowest BCUT2D eigenvalue weighted by molar-refractivity contribution is -0.122. The zero-order valence-electron chi connectivity index (χ0n) is 14.0. The van der Waals surface area contributed by atoms with Crippen LogP contribution in [0.4, 0.5) is 0 Å².